The van der Waals surface area contributed by atoms with E-state index in [9.17, 15) is 4.79 Å². The SMILES string of the molecule is CNCCC(=O)NC1(C)CCOC1. The minimum absolute atomic E-state index is 0.0994. The van der Waals surface area contributed by atoms with Gasteiger partial charge in [-0.3, -0.25) is 4.79 Å². The zero-order valence-electron chi connectivity index (χ0n) is 8.35. The van der Waals surface area contributed by atoms with Gasteiger partial charge in [0.15, 0.2) is 0 Å². The van der Waals surface area contributed by atoms with Crippen LogP contribution in [0.15, 0.2) is 0 Å². The van der Waals surface area contributed by atoms with Crippen LogP contribution in [-0.4, -0.2) is 38.3 Å². The Hall–Kier alpha value is -0.610. The van der Waals surface area contributed by atoms with Crippen molar-refractivity contribution < 1.29 is 9.53 Å². The van der Waals surface area contributed by atoms with Crippen molar-refractivity contribution in [3.63, 3.8) is 0 Å². The number of carbonyl (C=O) groups is 1. The summed E-state index contributed by atoms with van der Waals surface area (Å²) in [6, 6.07) is 0. The Kier molecular flexibility index (Phi) is 3.69. The second-order valence-electron chi connectivity index (χ2n) is 3.76. The van der Waals surface area contributed by atoms with E-state index in [1.54, 1.807) is 0 Å². The second-order valence-corrected chi connectivity index (χ2v) is 3.76. The lowest BCUT2D eigenvalue weighted by Crippen LogP contribution is -2.46. The minimum atomic E-state index is -0.134. The fourth-order valence-corrected chi connectivity index (χ4v) is 1.40. The smallest absolute Gasteiger partial charge is 0.221 e. The molecule has 76 valence electrons. The molecule has 0 radical (unpaired) electrons. The van der Waals surface area contributed by atoms with Crippen molar-refractivity contribution in [1.29, 1.82) is 0 Å². The monoisotopic (exact) mass is 186 g/mol. The number of rotatable bonds is 4. The van der Waals surface area contributed by atoms with Gasteiger partial charge in [-0.05, 0) is 20.4 Å². The highest BCUT2D eigenvalue weighted by Gasteiger charge is 2.30. The molecule has 1 aliphatic rings. The van der Waals surface area contributed by atoms with Crippen molar-refractivity contribution >= 4 is 5.91 Å². The summed E-state index contributed by atoms with van der Waals surface area (Å²) in [6.07, 6.45) is 1.45. The van der Waals surface area contributed by atoms with Crippen LogP contribution in [0.5, 0.6) is 0 Å². The molecule has 1 fully saturated rings. The quantitative estimate of drug-likeness (QED) is 0.644. The lowest BCUT2D eigenvalue weighted by Gasteiger charge is -2.23. The summed E-state index contributed by atoms with van der Waals surface area (Å²) < 4.78 is 5.24. The van der Waals surface area contributed by atoms with E-state index in [1.165, 1.54) is 0 Å². The van der Waals surface area contributed by atoms with E-state index in [2.05, 4.69) is 10.6 Å². The van der Waals surface area contributed by atoms with Gasteiger partial charge in [-0.1, -0.05) is 0 Å². The summed E-state index contributed by atoms with van der Waals surface area (Å²) >= 11 is 0. The predicted molar refractivity (Wildman–Crippen MR) is 50.5 cm³/mol. The molecule has 1 heterocycles. The molecule has 4 nitrogen and oxygen atoms in total. The van der Waals surface area contributed by atoms with Gasteiger partial charge in [-0.15, -0.1) is 0 Å². The summed E-state index contributed by atoms with van der Waals surface area (Å²) in [7, 11) is 1.84. The molecule has 1 rings (SSSR count). The van der Waals surface area contributed by atoms with Crippen molar-refractivity contribution in [2.75, 3.05) is 26.8 Å². The van der Waals surface area contributed by atoms with Gasteiger partial charge >= 0.3 is 0 Å². The molecule has 0 aromatic carbocycles. The average molecular weight is 186 g/mol. The molecule has 0 spiro atoms. The van der Waals surface area contributed by atoms with Crippen LogP contribution in [0, 0.1) is 0 Å². The highest BCUT2D eigenvalue weighted by molar-refractivity contribution is 5.77. The average Bonchev–Trinajstić information content (AvgIpc) is 2.48. The van der Waals surface area contributed by atoms with Crippen LogP contribution in [0.2, 0.25) is 0 Å². The molecule has 1 unspecified atom stereocenters. The van der Waals surface area contributed by atoms with Gasteiger partial charge in [0, 0.05) is 19.6 Å². The van der Waals surface area contributed by atoms with E-state index >= 15 is 0 Å². The number of amides is 1. The molecule has 1 amide bonds. The molecule has 0 saturated carbocycles. The first kappa shape index (κ1) is 10.5. The fraction of sp³-hybridized carbons (Fsp3) is 0.889. The third-order valence-electron chi connectivity index (χ3n) is 2.26. The van der Waals surface area contributed by atoms with Gasteiger partial charge in [-0.25, -0.2) is 0 Å². The van der Waals surface area contributed by atoms with Crippen molar-refractivity contribution in [2.45, 2.75) is 25.3 Å². The van der Waals surface area contributed by atoms with Gasteiger partial charge in [-0.2, -0.15) is 0 Å². The van der Waals surface area contributed by atoms with Gasteiger partial charge in [0.25, 0.3) is 0 Å². The number of hydrogen-bond acceptors (Lipinski definition) is 3. The van der Waals surface area contributed by atoms with Crippen LogP contribution < -0.4 is 10.6 Å². The molecule has 0 aromatic heterocycles. The minimum Gasteiger partial charge on any atom is -0.379 e. The Balaban J connectivity index is 2.26. The zero-order chi connectivity index (χ0) is 9.73. The van der Waals surface area contributed by atoms with Gasteiger partial charge in [0.2, 0.25) is 5.91 Å². The third kappa shape index (κ3) is 3.32. The number of hydrogen-bond donors (Lipinski definition) is 2. The van der Waals surface area contributed by atoms with Gasteiger partial charge in [0.1, 0.15) is 0 Å². The van der Waals surface area contributed by atoms with E-state index in [-0.39, 0.29) is 11.4 Å². The molecule has 0 aliphatic carbocycles. The molecular weight excluding hydrogens is 168 g/mol. The molecule has 4 heteroatoms. The highest BCUT2D eigenvalue weighted by atomic mass is 16.5. The van der Waals surface area contributed by atoms with Crippen LogP contribution in [0.4, 0.5) is 0 Å². The Morgan fingerprint density at radius 2 is 2.38 bits per heavy atom. The van der Waals surface area contributed by atoms with Crippen molar-refractivity contribution in [1.82, 2.24) is 10.6 Å². The molecule has 1 saturated heterocycles. The summed E-state index contributed by atoms with van der Waals surface area (Å²) in [5, 5.41) is 5.93. The lowest BCUT2D eigenvalue weighted by atomic mass is 10.0. The zero-order valence-corrected chi connectivity index (χ0v) is 8.35. The van der Waals surface area contributed by atoms with E-state index in [4.69, 9.17) is 4.74 Å². The summed E-state index contributed by atoms with van der Waals surface area (Å²) in [6.45, 7) is 4.14. The molecule has 0 bridgehead atoms. The molecular formula is C9H18N2O2. The highest BCUT2D eigenvalue weighted by Crippen LogP contribution is 2.17. The summed E-state index contributed by atoms with van der Waals surface area (Å²) in [4.78, 5) is 11.4. The van der Waals surface area contributed by atoms with E-state index in [1.807, 2.05) is 14.0 Å². The van der Waals surface area contributed by atoms with Gasteiger partial charge < -0.3 is 15.4 Å². The van der Waals surface area contributed by atoms with E-state index in [0.717, 1.165) is 19.6 Å². The maximum absolute atomic E-state index is 11.4. The first-order valence-electron chi connectivity index (χ1n) is 4.70. The predicted octanol–water partition coefficient (Wildman–Crippen LogP) is -0.109. The topological polar surface area (TPSA) is 50.4 Å². The molecule has 1 aliphatic heterocycles. The van der Waals surface area contributed by atoms with Crippen LogP contribution in [0.25, 0.3) is 0 Å². The van der Waals surface area contributed by atoms with Crippen LogP contribution in [-0.2, 0) is 9.53 Å². The third-order valence-corrected chi connectivity index (χ3v) is 2.26. The largest absolute Gasteiger partial charge is 0.379 e. The number of ether oxygens (including phenoxy) is 1. The number of nitrogens with one attached hydrogen (secondary N) is 2. The normalized spacial score (nSPS) is 27.5. The first-order chi connectivity index (χ1) is 6.16. The Morgan fingerprint density at radius 1 is 1.62 bits per heavy atom. The standard InChI is InChI=1S/C9H18N2O2/c1-9(4-6-13-7-9)11-8(12)3-5-10-2/h10H,3-7H2,1-2H3,(H,11,12). The molecule has 0 aromatic rings. The van der Waals surface area contributed by atoms with E-state index in [0.29, 0.717) is 13.0 Å². The van der Waals surface area contributed by atoms with Crippen molar-refractivity contribution in [2.24, 2.45) is 0 Å². The Labute approximate surface area is 79.0 Å². The molecule has 2 N–H and O–H groups in total. The molecule has 1 atom stereocenters. The van der Waals surface area contributed by atoms with Crippen molar-refractivity contribution in [3.05, 3.63) is 0 Å². The van der Waals surface area contributed by atoms with Crippen LogP contribution in [0.1, 0.15) is 19.8 Å². The number of carbonyl (C=O) groups excluding carboxylic acids is 1. The van der Waals surface area contributed by atoms with Crippen LogP contribution >= 0.6 is 0 Å². The maximum Gasteiger partial charge on any atom is 0.221 e. The van der Waals surface area contributed by atoms with Crippen LogP contribution in [0.3, 0.4) is 0 Å². The lowest BCUT2D eigenvalue weighted by molar-refractivity contribution is -0.122. The van der Waals surface area contributed by atoms with Gasteiger partial charge in [0.05, 0.1) is 12.1 Å². The summed E-state index contributed by atoms with van der Waals surface area (Å²) in [5.74, 6) is 0.0994. The van der Waals surface area contributed by atoms with E-state index < -0.39 is 0 Å². The maximum atomic E-state index is 11.4. The van der Waals surface area contributed by atoms with Crippen molar-refractivity contribution in [3.8, 4) is 0 Å². The fourth-order valence-electron chi connectivity index (χ4n) is 1.40. The molecule has 13 heavy (non-hydrogen) atoms. The first-order valence-corrected chi connectivity index (χ1v) is 4.70. The Morgan fingerprint density at radius 3 is 2.92 bits per heavy atom. The Bertz CT molecular complexity index is 176. The summed E-state index contributed by atoms with van der Waals surface area (Å²) in [5.41, 5.74) is -0.134. The second kappa shape index (κ2) is 4.58.